The smallest absolute Gasteiger partial charge is 0.354 e. The lowest BCUT2D eigenvalue weighted by Crippen LogP contribution is -2.05. The average Bonchev–Trinajstić information content (AvgIpc) is 2.38. The predicted molar refractivity (Wildman–Crippen MR) is 65.3 cm³/mol. The van der Waals surface area contributed by atoms with E-state index in [1.54, 1.807) is 18.5 Å². The fourth-order valence-corrected chi connectivity index (χ4v) is 1.32. The maximum atomic E-state index is 10.6. The van der Waals surface area contributed by atoms with E-state index >= 15 is 0 Å². The first kappa shape index (κ1) is 12.0. The molecule has 0 unspecified atom stereocenters. The fourth-order valence-electron chi connectivity index (χ4n) is 1.32. The molecule has 0 fully saturated rings. The van der Waals surface area contributed by atoms with E-state index in [-0.39, 0.29) is 5.69 Å². The van der Waals surface area contributed by atoms with Crippen molar-refractivity contribution in [1.29, 1.82) is 0 Å². The molecule has 0 bridgehead atoms. The van der Waals surface area contributed by atoms with Gasteiger partial charge in [0.1, 0.15) is 5.69 Å². The average molecular weight is 244 g/mol. The monoisotopic (exact) mass is 244 g/mol. The van der Waals surface area contributed by atoms with Gasteiger partial charge in [0.2, 0.25) is 5.95 Å². The van der Waals surface area contributed by atoms with Gasteiger partial charge in [-0.2, -0.15) is 0 Å². The van der Waals surface area contributed by atoms with Crippen LogP contribution in [0.4, 0.5) is 5.95 Å². The van der Waals surface area contributed by atoms with Gasteiger partial charge in [-0.25, -0.2) is 19.7 Å². The Morgan fingerprint density at radius 3 is 2.50 bits per heavy atom. The SMILES string of the molecule is Cc1cnc(NCc2ccc(C(=O)O)nc2)nc1. The number of carbonyl (C=O) groups is 1. The zero-order chi connectivity index (χ0) is 13.0. The third-order valence-electron chi connectivity index (χ3n) is 2.28. The number of aromatic nitrogens is 3. The van der Waals surface area contributed by atoms with Crippen LogP contribution in [0, 0.1) is 6.92 Å². The van der Waals surface area contributed by atoms with E-state index in [4.69, 9.17) is 5.11 Å². The lowest BCUT2D eigenvalue weighted by molar-refractivity contribution is 0.0690. The third-order valence-corrected chi connectivity index (χ3v) is 2.28. The molecule has 6 nitrogen and oxygen atoms in total. The number of anilines is 1. The van der Waals surface area contributed by atoms with E-state index in [2.05, 4.69) is 20.3 Å². The molecular weight excluding hydrogens is 232 g/mol. The topological polar surface area (TPSA) is 88.0 Å². The molecule has 18 heavy (non-hydrogen) atoms. The number of nitrogens with one attached hydrogen (secondary N) is 1. The molecule has 0 aliphatic carbocycles. The third kappa shape index (κ3) is 3.00. The molecule has 6 heteroatoms. The van der Waals surface area contributed by atoms with E-state index in [1.165, 1.54) is 12.3 Å². The van der Waals surface area contributed by atoms with Crippen LogP contribution in [-0.4, -0.2) is 26.0 Å². The molecule has 0 saturated carbocycles. The summed E-state index contributed by atoms with van der Waals surface area (Å²) in [5.41, 5.74) is 1.89. The van der Waals surface area contributed by atoms with Crippen molar-refractivity contribution in [2.75, 3.05) is 5.32 Å². The maximum Gasteiger partial charge on any atom is 0.354 e. The van der Waals surface area contributed by atoms with Crippen molar-refractivity contribution >= 4 is 11.9 Å². The fraction of sp³-hybridized carbons (Fsp3) is 0.167. The Bertz CT molecular complexity index is 537. The van der Waals surface area contributed by atoms with E-state index < -0.39 is 5.97 Å². The van der Waals surface area contributed by atoms with Crippen molar-refractivity contribution in [2.24, 2.45) is 0 Å². The van der Waals surface area contributed by atoms with E-state index in [9.17, 15) is 4.79 Å². The van der Waals surface area contributed by atoms with Crippen LogP contribution in [-0.2, 0) is 6.54 Å². The summed E-state index contributed by atoms with van der Waals surface area (Å²) in [5, 5.41) is 11.7. The van der Waals surface area contributed by atoms with Gasteiger partial charge in [-0.05, 0) is 24.1 Å². The Hall–Kier alpha value is -2.50. The zero-order valence-corrected chi connectivity index (χ0v) is 9.79. The number of aryl methyl sites for hydroxylation is 1. The van der Waals surface area contributed by atoms with Gasteiger partial charge in [-0.1, -0.05) is 6.07 Å². The molecule has 0 radical (unpaired) electrons. The number of hydrogen-bond acceptors (Lipinski definition) is 5. The highest BCUT2D eigenvalue weighted by Crippen LogP contribution is 2.04. The van der Waals surface area contributed by atoms with Crippen LogP contribution in [0.5, 0.6) is 0 Å². The Morgan fingerprint density at radius 2 is 1.94 bits per heavy atom. The number of carboxylic acids is 1. The summed E-state index contributed by atoms with van der Waals surface area (Å²) < 4.78 is 0. The zero-order valence-electron chi connectivity index (χ0n) is 9.79. The second-order valence-electron chi connectivity index (χ2n) is 3.79. The van der Waals surface area contributed by atoms with Gasteiger partial charge >= 0.3 is 5.97 Å². The molecule has 2 rings (SSSR count). The molecular formula is C12H12N4O2. The standard InChI is InChI=1S/C12H12N4O2/c1-8-4-14-12(15-5-8)16-7-9-2-3-10(11(17)18)13-6-9/h2-6H,7H2,1H3,(H,17,18)(H,14,15,16). The van der Waals surface area contributed by atoms with E-state index in [0.717, 1.165) is 11.1 Å². The first-order valence-electron chi connectivity index (χ1n) is 5.36. The predicted octanol–water partition coefficient (Wildman–Crippen LogP) is 1.49. The van der Waals surface area contributed by atoms with Gasteiger partial charge < -0.3 is 10.4 Å². The Balaban J connectivity index is 1.97. The Kier molecular flexibility index (Phi) is 3.47. The van der Waals surface area contributed by atoms with Crippen molar-refractivity contribution in [3.05, 3.63) is 47.5 Å². The summed E-state index contributed by atoms with van der Waals surface area (Å²) in [5.74, 6) is -0.501. The Labute approximate surface area is 104 Å². The van der Waals surface area contributed by atoms with Crippen molar-refractivity contribution < 1.29 is 9.90 Å². The van der Waals surface area contributed by atoms with Gasteiger partial charge in [-0.15, -0.1) is 0 Å². The van der Waals surface area contributed by atoms with Crippen LogP contribution < -0.4 is 5.32 Å². The van der Waals surface area contributed by atoms with Crippen molar-refractivity contribution in [1.82, 2.24) is 15.0 Å². The lowest BCUT2D eigenvalue weighted by Gasteiger charge is -2.04. The first-order chi connectivity index (χ1) is 8.65. The van der Waals surface area contributed by atoms with Gasteiger partial charge in [-0.3, -0.25) is 0 Å². The molecule has 0 amide bonds. The number of pyridine rings is 1. The second-order valence-corrected chi connectivity index (χ2v) is 3.79. The summed E-state index contributed by atoms with van der Waals surface area (Å²) in [6.45, 7) is 2.41. The molecule has 2 heterocycles. The van der Waals surface area contributed by atoms with Crippen LogP contribution in [0.1, 0.15) is 21.6 Å². The molecule has 0 aromatic carbocycles. The number of carboxylic acid groups (broad SMARTS) is 1. The van der Waals surface area contributed by atoms with E-state index in [0.29, 0.717) is 12.5 Å². The van der Waals surface area contributed by atoms with Gasteiger partial charge in [0, 0.05) is 25.1 Å². The minimum Gasteiger partial charge on any atom is -0.477 e. The largest absolute Gasteiger partial charge is 0.477 e. The summed E-state index contributed by atoms with van der Waals surface area (Å²) in [6.07, 6.45) is 4.97. The molecule has 0 aliphatic heterocycles. The van der Waals surface area contributed by atoms with Gasteiger partial charge in [0.15, 0.2) is 0 Å². The molecule has 2 aromatic heterocycles. The van der Waals surface area contributed by atoms with Crippen molar-refractivity contribution in [2.45, 2.75) is 13.5 Å². The molecule has 0 atom stereocenters. The lowest BCUT2D eigenvalue weighted by atomic mass is 10.2. The van der Waals surface area contributed by atoms with Gasteiger partial charge in [0.25, 0.3) is 0 Å². The quantitative estimate of drug-likeness (QED) is 0.847. The number of hydrogen-bond donors (Lipinski definition) is 2. The van der Waals surface area contributed by atoms with E-state index in [1.807, 2.05) is 6.92 Å². The minimum atomic E-state index is -1.03. The van der Waals surface area contributed by atoms with Crippen LogP contribution >= 0.6 is 0 Å². The van der Waals surface area contributed by atoms with Crippen molar-refractivity contribution in [3.63, 3.8) is 0 Å². The van der Waals surface area contributed by atoms with Gasteiger partial charge in [0.05, 0.1) is 0 Å². The second kappa shape index (κ2) is 5.22. The number of aromatic carboxylic acids is 1. The summed E-state index contributed by atoms with van der Waals surface area (Å²) in [7, 11) is 0. The highest BCUT2D eigenvalue weighted by atomic mass is 16.4. The molecule has 2 aromatic rings. The first-order valence-corrected chi connectivity index (χ1v) is 5.36. The van der Waals surface area contributed by atoms with Crippen LogP contribution in [0.2, 0.25) is 0 Å². The normalized spacial score (nSPS) is 10.1. The molecule has 0 spiro atoms. The van der Waals surface area contributed by atoms with Crippen LogP contribution in [0.25, 0.3) is 0 Å². The number of nitrogens with zero attached hydrogens (tertiary/aromatic N) is 3. The highest BCUT2D eigenvalue weighted by molar-refractivity contribution is 5.85. The molecule has 0 aliphatic rings. The molecule has 92 valence electrons. The Morgan fingerprint density at radius 1 is 1.22 bits per heavy atom. The highest BCUT2D eigenvalue weighted by Gasteiger charge is 2.03. The summed E-state index contributed by atoms with van der Waals surface area (Å²) in [6, 6.07) is 3.17. The number of rotatable bonds is 4. The summed E-state index contributed by atoms with van der Waals surface area (Å²) in [4.78, 5) is 22.7. The maximum absolute atomic E-state index is 10.6. The van der Waals surface area contributed by atoms with Crippen LogP contribution in [0.15, 0.2) is 30.7 Å². The molecule has 0 saturated heterocycles. The van der Waals surface area contributed by atoms with Crippen molar-refractivity contribution in [3.8, 4) is 0 Å². The minimum absolute atomic E-state index is 0.0327. The van der Waals surface area contributed by atoms with Crippen LogP contribution in [0.3, 0.4) is 0 Å². The molecule has 2 N–H and O–H groups in total. The summed E-state index contributed by atoms with van der Waals surface area (Å²) >= 11 is 0.